The van der Waals surface area contributed by atoms with Gasteiger partial charge in [0.1, 0.15) is 5.75 Å². The van der Waals surface area contributed by atoms with Crippen LogP contribution in [0.3, 0.4) is 0 Å². The van der Waals surface area contributed by atoms with Gasteiger partial charge in [-0.05, 0) is 57.4 Å². The lowest BCUT2D eigenvalue weighted by Gasteiger charge is -2.13. The van der Waals surface area contributed by atoms with Gasteiger partial charge in [-0.3, -0.25) is 4.79 Å². The fraction of sp³-hybridized carbons (Fsp3) is 0.391. The van der Waals surface area contributed by atoms with Crippen LogP contribution in [0.15, 0.2) is 35.7 Å². The number of nitrogens with zero attached hydrogens (tertiary/aromatic N) is 2. The van der Waals surface area contributed by atoms with E-state index in [0.717, 1.165) is 52.8 Å². The predicted octanol–water partition coefficient (Wildman–Crippen LogP) is 5.01. The van der Waals surface area contributed by atoms with E-state index in [1.165, 1.54) is 5.56 Å². The first-order valence-corrected chi connectivity index (χ1v) is 10.9. The first-order valence-electron chi connectivity index (χ1n) is 9.99. The highest BCUT2D eigenvalue weighted by Crippen LogP contribution is 2.28. The highest BCUT2D eigenvalue weighted by atomic mass is 32.1. The maximum atomic E-state index is 12.8. The van der Waals surface area contributed by atoms with Gasteiger partial charge in [-0.15, -0.1) is 11.3 Å². The fourth-order valence-corrected chi connectivity index (χ4v) is 3.90. The largest absolute Gasteiger partial charge is 0.497 e. The maximum absolute atomic E-state index is 12.8. The number of aryl methyl sites for hydroxylation is 2. The van der Waals surface area contributed by atoms with Crippen molar-refractivity contribution >= 4 is 17.2 Å². The molecule has 0 saturated carbocycles. The number of hydrogen-bond donors (Lipinski definition) is 1. The molecule has 3 aromatic rings. The smallest absolute Gasteiger partial charge is 0.253 e. The zero-order chi connectivity index (χ0) is 21.0. The zero-order valence-corrected chi connectivity index (χ0v) is 18.6. The van der Waals surface area contributed by atoms with Crippen molar-refractivity contribution in [1.29, 1.82) is 0 Å². The molecular weight excluding hydrogens is 382 g/mol. The molecule has 0 radical (unpaired) electrons. The summed E-state index contributed by atoms with van der Waals surface area (Å²) in [6.45, 7) is 8.89. The average Bonchev–Trinajstić information content (AvgIpc) is 3.29. The summed E-state index contributed by atoms with van der Waals surface area (Å²) in [6.07, 6.45) is 1.77. The maximum Gasteiger partial charge on any atom is 0.253 e. The number of amides is 1. The first-order chi connectivity index (χ1) is 13.9. The summed E-state index contributed by atoms with van der Waals surface area (Å²) in [4.78, 5) is 17.5. The molecule has 3 rings (SSSR count). The summed E-state index contributed by atoms with van der Waals surface area (Å²) in [7, 11) is 1.67. The van der Waals surface area contributed by atoms with Crippen molar-refractivity contribution in [2.75, 3.05) is 7.11 Å². The van der Waals surface area contributed by atoms with E-state index < -0.39 is 0 Å². The highest BCUT2D eigenvalue weighted by molar-refractivity contribution is 7.09. The molecular formula is C23H29N3O2S. The Balaban J connectivity index is 1.91. The van der Waals surface area contributed by atoms with Gasteiger partial charge in [-0.25, -0.2) is 4.98 Å². The van der Waals surface area contributed by atoms with Crippen molar-refractivity contribution in [3.8, 4) is 17.1 Å². The van der Waals surface area contributed by atoms with Crippen LogP contribution in [0.2, 0.25) is 0 Å². The molecule has 1 N–H and O–H groups in total. The Kier molecular flexibility index (Phi) is 6.75. The molecule has 29 heavy (non-hydrogen) atoms. The Morgan fingerprint density at radius 3 is 2.59 bits per heavy atom. The quantitative estimate of drug-likeness (QED) is 0.567. The summed E-state index contributed by atoms with van der Waals surface area (Å²) in [5.41, 5.74) is 4.84. The number of aromatic nitrogens is 2. The number of benzene rings is 1. The van der Waals surface area contributed by atoms with Crippen molar-refractivity contribution in [3.05, 3.63) is 57.5 Å². The Morgan fingerprint density at radius 1 is 1.28 bits per heavy atom. The van der Waals surface area contributed by atoms with Crippen LogP contribution in [0.5, 0.6) is 5.75 Å². The molecule has 154 valence electrons. The molecule has 1 unspecified atom stereocenters. The van der Waals surface area contributed by atoms with E-state index in [1.807, 2.05) is 39.0 Å². The van der Waals surface area contributed by atoms with Gasteiger partial charge in [0.2, 0.25) is 0 Å². The second-order valence-corrected chi connectivity index (χ2v) is 8.38. The third kappa shape index (κ3) is 4.88. The summed E-state index contributed by atoms with van der Waals surface area (Å²) in [6, 6.07) is 10.3. The summed E-state index contributed by atoms with van der Waals surface area (Å²) in [5, 5.41) is 6.17. The van der Waals surface area contributed by atoms with Crippen LogP contribution >= 0.6 is 11.3 Å². The van der Waals surface area contributed by atoms with Gasteiger partial charge in [0.05, 0.1) is 29.1 Å². The summed E-state index contributed by atoms with van der Waals surface area (Å²) >= 11 is 1.63. The second kappa shape index (κ2) is 9.27. The van der Waals surface area contributed by atoms with Crippen molar-refractivity contribution in [3.63, 3.8) is 0 Å². The number of hydrogen-bond acceptors (Lipinski definition) is 4. The molecule has 1 aromatic carbocycles. The number of rotatable bonds is 8. The molecule has 1 atom stereocenters. The minimum Gasteiger partial charge on any atom is -0.497 e. The van der Waals surface area contributed by atoms with Crippen LogP contribution in [0.1, 0.15) is 46.9 Å². The van der Waals surface area contributed by atoms with Crippen LogP contribution < -0.4 is 10.1 Å². The fourth-order valence-electron chi connectivity index (χ4n) is 3.29. The average molecular weight is 412 g/mol. The van der Waals surface area contributed by atoms with Crippen LogP contribution in [0.25, 0.3) is 11.4 Å². The lowest BCUT2D eigenvalue weighted by atomic mass is 10.1. The van der Waals surface area contributed by atoms with Gasteiger partial charge in [-0.1, -0.05) is 19.1 Å². The number of nitrogens with one attached hydrogen (secondary N) is 1. The van der Waals surface area contributed by atoms with Crippen molar-refractivity contribution in [1.82, 2.24) is 14.9 Å². The molecule has 5 nitrogen and oxygen atoms in total. The van der Waals surface area contributed by atoms with Gasteiger partial charge in [-0.2, -0.15) is 0 Å². The molecule has 0 aliphatic rings. The molecule has 2 aromatic heterocycles. The van der Waals surface area contributed by atoms with E-state index in [0.29, 0.717) is 0 Å². The molecule has 1 amide bonds. The van der Waals surface area contributed by atoms with E-state index >= 15 is 0 Å². The number of carbonyl (C=O) groups is 1. The van der Waals surface area contributed by atoms with E-state index in [2.05, 4.69) is 39.3 Å². The first kappa shape index (κ1) is 21.1. The minimum atomic E-state index is -0.0201. The third-order valence-electron chi connectivity index (χ3n) is 5.27. The van der Waals surface area contributed by atoms with Crippen molar-refractivity contribution < 1.29 is 9.53 Å². The van der Waals surface area contributed by atoms with Crippen molar-refractivity contribution in [2.45, 2.75) is 53.1 Å². The van der Waals surface area contributed by atoms with Crippen LogP contribution in [-0.4, -0.2) is 28.6 Å². The Labute approximate surface area is 176 Å². The van der Waals surface area contributed by atoms with Crippen LogP contribution in [-0.2, 0) is 13.0 Å². The third-order valence-corrected chi connectivity index (χ3v) is 6.04. The van der Waals surface area contributed by atoms with Gasteiger partial charge in [0, 0.05) is 23.7 Å². The number of ether oxygens (including phenoxy) is 1. The molecule has 0 saturated heterocycles. The molecule has 0 spiro atoms. The van der Waals surface area contributed by atoms with Gasteiger partial charge in [0.15, 0.2) is 0 Å². The molecule has 0 fully saturated rings. The molecule has 0 aliphatic carbocycles. The molecule has 6 heteroatoms. The van der Waals surface area contributed by atoms with Gasteiger partial charge in [0.25, 0.3) is 5.91 Å². The van der Waals surface area contributed by atoms with E-state index in [4.69, 9.17) is 4.74 Å². The Morgan fingerprint density at radius 2 is 2.00 bits per heavy atom. The number of methoxy groups -OCH3 is 1. The normalized spacial score (nSPS) is 12.0. The summed E-state index contributed by atoms with van der Waals surface area (Å²) < 4.78 is 7.46. The van der Waals surface area contributed by atoms with Gasteiger partial charge < -0.3 is 14.6 Å². The number of thiazole rings is 1. The SMILES string of the molecule is CCC(C)NC(=O)c1cc(-c2csc(C)n2)n(CCc2ccc(OC)cc2)c1C. The minimum absolute atomic E-state index is 0.0201. The lowest BCUT2D eigenvalue weighted by molar-refractivity contribution is 0.0938. The standard InChI is InChI=1S/C23H29N3O2S/c1-6-15(2)24-23(27)20-13-22(21-14-29-17(4)25-21)26(16(20)3)12-11-18-7-9-19(28-5)10-8-18/h7-10,13-15H,6,11-12H2,1-5H3,(H,24,27). The number of carbonyl (C=O) groups excluding carboxylic acids is 1. The van der Waals surface area contributed by atoms with Crippen LogP contribution in [0.4, 0.5) is 0 Å². The highest BCUT2D eigenvalue weighted by Gasteiger charge is 2.20. The predicted molar refractivity (Wildman–Crippen MR) is 119 cm³/mol. The second-order valence-electron chi connectivity index (χ2n) is 7.31. The molecule has 0 aliphatic heterocycles. The Hall–Kier alpha value is -2.60. The van der Waals surface area contributed by atoms with E-state index in [-0.39, 0.29) is 11.9 Å². The Bertz CT molecular complexity index is 973. The molecule has 2 heterocycles. The van der Waals surface area contributed by atoms with E-state index in [1.54, 1.807) is 18.4 Å². The van der Waals surface area contributed by atoms with Crippen molar-refractivity contribution in [2.24, 2.45) is 0 Å². The lowest BCUT2D eigenvalue weighted by Crippen LogP contribution is -2.32. The zero-order valence-electron chi connectivity index (χ0n) is 17.8. The van der Waals surface area contributed by atoms with Crippen LogP contribution in [0, 0.1) is 13.8 Å². The summed E-state index contributed by atoms with van der Waals surface area (Å²) in [5.74, 6) is 0.835. The monoisotopic (exact) mass is 411 g/mol. The molecule has 0 bridgehead atoms. The van der Waals surface area contributed by atoms with E-state index in [9.17, 15) is 4.79 Å². The topological polar surface area (TPSA) is 56.2 Å². The van der Waals surface area contributed by atoms with Gasteiger partial charge >= 0.3 is 0 Å².